The van der Waals surface area contributed by atoms with Crippen LogP contribution in [0.4, 0.5) is 13.2 Å². The van der Waals surface area contributed by atoms with Crippen molar-refractivity contribution in [2.24, 2.45) is 15.4 Å². The lowest BCUT2D eigenvalue weighted by Crippen LogP contribution is -2.46. The number of hydrogen-bond donors (Lipinski definition) is 3. The molecule has 0 saturated heterocycles. The van der Waals surface area contributed by atoms with E-state index in [9.17, 15) is 23.1 Å². The second kappa shape index (κ2) is 9.23. The fourth-order valence-electron chi connectivity index (χ4n) is 2.92. The van der Waals surface area contributed by atoms with Crippen LogP contribution in [0, 0.1) is 12.3 Å². The van der Waals surface area contributed by atoms with E-state index in [1.807, 2.05) is 6.92 Å². The molecule has 0 bridgehead atoms. The number of carbonyl (C=O) groups excluding carboxylic acids is 1. The number of aryl methyl sites for hydroxylation is 1. The number of halogens is 5. The normalized spacial score (nSPS) is 16.5. The molecular formula is C22H21Cl2F3N4O2. The maximum Gasteiger partial charge on any atom is 0.402 e. The number of nitrogens with zero attached hydrogens (tertiary/aromatic N) is 2. The highest BCUT2D eigenvalue weighted by molar-refractivity contribution is 6.32. The van der Waals surface area contributed by atoms with E-state index < -0.39 is 29.7 Å². The zero-order valence-electron chi connectivity index (χ0n) is 17.9. The van der Waals surface area contributed by atoms with Crippen molar-refractivity contribution in [3.63, 3.8) is 0 Å². The molecule has 1 aliphatic heterocycles. The lowest BCUT2D eigenvalue weighted by Gasteiger charge is -2.26. The van der Waals surface area contributed by atoms with Gasteiger partial charge in [0, 0.05) is 27.7 Å². The summed E-state index contributed by atoms with van der Waals surface area (Å²) in [6, 6.07) is 9.49. The number of aliphatic hydroxyl groups is 1. The van der Waals surface area contributed by atoms with E-state index in [2.05, 4.69) is 20.6 Å². The maximum atomic E-state index is 13.1. The summed E-state index contributed by atoms with van der Waals surface area (Å²) in [5, 5.41) is 16.3. The molecule has 33 heavy (non-hydrogen) atoms. The highest BCUT2D eigenvalue weighted by Crippen LogP contribution is 2.37. The largest absolute Gasteiger partial charge is 0.479 e. The Balaban J connectivity index is 1.81. The van der Waals surface area contributed by atoms with Crippen molar-refractivity contribution in [3.05, 3.63) is 68.7 Å². The molecule has 0 aromatic heterocycles. The number of hydrogen-bond acceptors (Lipinski definition) is 4. The van der Waals surface area contributed by atoms with Gasteiger partial charge in [0.1, 0.15) is 11.3 Å². The molecule has 0 spiro atoms. The number of nitrogens with one attached hydrogen (secondary N) is 2. The third-order valence-corrected chi connectivity index (χ3v) is 6.01. The highest BCUT2D eigenvalue weighted by Gasteiger charge is 2.52. The van der Waals surface area contributed by atoms with Crippen LogP contribution >= 0.6 is 23.2 Å². The average molecular weight is 501 g/mol. The SMILES string of the molecule is Cc1ccc(C2=NC(O)=NC(c3cc(CNC(=O)C(C)(C)C(F)(F)F)ccc3Cl)N2)cc1Cl. The molecule has 11 heteroatoms. The van der Waals surface area contributed by atoms with Gasteiger partial charge in [0.25, 0.3) is 0 Å². The number of rotatable bonds is 5. The Hall–Kier alpha value is -2.78. The molecule has 0 saturated carbocycles. The van der Waals surface area contributed by atoms with Gasteiger partial charge in [-0.2, -0.15) is 18.2 Å². The van der Waals surface area contributed by atoms with Crippen molar-refractivity contribution in [1.82, 2.24) is 10.6 Å². The second-order valence-corrected chi connectivity index (χ2v) is 8.88. The first-order chi connectivity index (χ1) is 15.3. The molecule has 1 heterocycles. The van der Waals surface area contributed by atoms with Crippen molar-refractivity contribution >= 4 is 41.0 Å². The van der Waals surface area contributed by atoms with Gasteiger partial charge in [0.05, 0.1) is 0 Å². The van der Waals surface area contributed by atoms with E-state index in [-0.39, 0.29) is 6.54 Å². The van der Waals surface area contributed by atoms with Gasteiger partial charge < -0.3 is 15.7 Å². The van der Waals surface area contributed by atoms with Crippen molar-refractivity contribution in [2.45, 2.75) is 39.7 Å². The topological polar surface area (TPSA) is 86.1 Å². The molecule has 176 valence electrons. The van der Waals surface area contributed by atoms with Gasteiger partial charge in [-0.25, -0.2) is 4.99 Å². The molecule has 6 nitrogen and oxygen atoms in total. The number of benzene rings is 2. The number of carbonyl (C=O) groups is 1. The summed E-state index contributed by atoms with van der Waals surface area (Å²) < 4.78 is 39.3. The monoisotopic (exact) mass is 500 g/mol. The minimum Gasteiger partial charge on any atom is -0.479 e. The van der Waals surface area contributed by atoms with Gasteiger partial charge in [-0.15, -0.1) is 0 Å². The summed E-state index contributed by atoms with van der Waals surface area (Å²) in [5.74, 6) is -0.834. The minimum atomic E-state index is -4.69. The first-order valence-electron chi connectivity index (χ1n) is 9.81. The van der Waals surface area contributed by atoms with Crippen LogP contribution in [0.25, 0.3) is 0 Å². The number of amides is 1. The Morgan fingerprint density at radius 1 is 1.15 bits per heavy atom. The molecule has 0 radical (unpaired) electrons. The van der Waals surface area contributed by atoms with Gasteiger partial charge in [0.2, 0.25) is 5.91 Å². The predicted molar refractivity (Wildman–Crippen MR) is 122 cm³/mol. The maximum absolute atomic E-state index is 13.1. The van der Waals surface area contributed by atoms with Gasteiger partial charge >= 0.3 is 12.2 Å². The lowest BCUT2D eigenvalue weighted by molar-refractivity contribution is -0.211. The Morgan fingerprint density at radius 3 is 2.48 bits per heavy atom. The molecule has 3 rings (SSSR count). The van der Waals surface area contributed by atoms with Crippen molar-refractivity contribution in [3.8, 4) is 0 Å². The number of aliphatic hydroxyl groups excluding tert-OH is 1. The summed E-state index contributed by atoms with van der Waals surface area (Å²) in [6.07, 6.45) is -5.51. The smallest absolute Gasteiger partial charge is 0.402 e. The van der Waals surface area contributed by atoms with E-state index in [1.54, 1.807) is 30.3 Å². The zero-order chi connectivity index (χ0) is 24.6. The summed E-state index contributed by atoms with van der Waals surface area (Å²) in [4.78, 5) is 20.1. The highest BCUT2D eigenvalue weighted by atomic mass is 35.5. The summed E-state index contributed by atoms with van der Waals surface area (Å²) >= 11 is 12.5. The molecule has 2 aromatic carbocycles. The summed E-state index contributed by atoms with van der Waals surface area (Å²) in [7, 11) is 0. The Bertz CT molecular complexity index is 1150. The molecule has 1 amide bonds. The average Bonchev–Trinajstić information content (AvgIpc) is 2.73. The van der Waals surface area contributed by atoms with Gasteiger partial charge in [-0.05, 0) is 50.1 Å². The predicted octanol–water partition coefficient (Wildman–Crippen LogP) is 5.47. The molecule has 0 fully saturated rings. The van der Waals surface area contributed by atoms with Crippen molar-refractivity contribution in [1.29, 1.82) is 0 Å². The Labute approximate surface area is 198 Å². The fraction of sp³-hybridized carbons (Fsp3) is 0.318. The molecular weight excluding hydrogens is 480 g/mol. The van der Waals surface area contributed by atoms with Crippen LogP contribution in [-0.4, -0.2) is 29.0 Å². The van der Waals surface area contributed by atoms with E-state index in [0.29, 0.717) is 32.6 Å². The third kappa shape index (κ3) is 5.42. The van der Waals surface area contributed by atoms with Gasteiger partial charge in [-0.1, -0.05) is 41.4 Å². The van der Waals surface area contributed by atoms with Crippen molar-refractivity contribution in [2.75, 3.05) is 0 Å². The fourth-order valence-corrected chi connectivity index (χ4v) is 3.32. The lowest BCUT2D eigenvalue weighted by atomic mass is 9.91. The van der Waals surface area contributed by atoms with Crippen LogP contribution in [-0.2, 0) is 11.3 Å². The Morgan fingerprint density at radius 2 is 1.85 bits per heavy atom. The third-order valence-electron chi connectivity index (χ3n) is 5.26. The molecule has 3 N–H and O–H groups in total. The van der Waals surface area contributed by atoms with E-state index in [1.165, 1.54) is 6.07 Å². The number of alkyl halides is 3. The standard InChI is InChI=1S/C22H21Cl2F3N4O2/c1-11-4-6-13(9-16(11)24)17-29-18(31-20(33)30-17)14-8-12(5-7-15(14)23)10-28-19(32)21(2,3)22(25,26)27/h4-9,18H,10H2,1-3H3,(H,28,32)(H2,29,30,31,33). The number of aliphatic imine (C=N–C) groups is 2. The van der Waals surface area contributed by atoms with Crippen LogP contribution in [0.3, 0.4) is 0 Å². The van der Waals surface area contributed by atoms with Crippen LogP contribution in [0.1, 0.15) is 42.3 Å². The van der Waals surface area contributed by atoms with E-state index in [4.69, 9.17) is 23.2 Å². The quantitative estimate of drug-likeness (QED) is 0.508. The number of amidine groups is 2. The minimum absolute atomic E-state index is 0.153. The van der Waals surface area contributed by atoms with Crippen LogP contribution < -0.4 is 10.6 Å². The van der Waals surface area contributed by atoms with Crippen molar-refractivity contribution < 1.29 is 23.1 Å². The molecule has 2 aromatic rings. The zero-order valence-corrected chi connectivity index (χ0v) is 19.4. The first-order valence-corrected chi connectivity index (χ1v) is 10.6. The van der Waals surface area contributed by atoms with E-state index >= 15 is 0 Å². The molecule has 1 unspecified atom stereocenters. The van der Waals surface area contributed by atoms with Crippen LogP contribution in [0.5, 0.6) is 0 Å². The van der Waals surface area contributed by atoms with Gasteiger partial charge in [0.15, 0.2) is 6.17 Å². The van der Waals surface area contributed by atoms with E-state index in [0.717, 1.165) is 19.4 Å². The summed E-state index contributed by atoms with van der Waals surface area (Å²) in [6.45, 7) is 3.33. The molecule has 0 aliphatic carbocycles. The van der Waals surface area contributed by atoms with Crippen LogP contribution in [0.15, 0.2) is 46.4 Å². The Kier molecular flexibility index (Phi) is 6.95. The second-order valence-electron chi connectivity index (χ2n) is 8.06. The van der Waals surface area contributed by atoms with Crippen LogP contribution in [0.2, 0.25) is 10.0 Å². The molecule has 1 atom stereocenters. The summed E-state index contributed by atoms with van der Waals surface area (Å²) in [5.41, 5.74) is -0.108. The molecule has 1 aliphatic rings. The van der Waals surface area contributed by atoms with Gasteiger partial charge in [-0.3, -0.25) is 4.79 Å². The first kappa shape index (κ1) is 24.9.